The number of benzene rings is 2. The lowest BCUT2D eigenvalue weighted by Crippen LogP contribution is -2.12. The standard InChI is InChI=1S/C19H19NO/c20-17(19-12-16-4-1-2-7-18(16)21-19)11-13-8-9-14-5-3-6-15(14)10-13/h1-2,4,7-10,12,17H,3,5-6,11,20H2. The molecule has 0 aliphatic heterocycles. The first kappa shape index (κ1) is 12.7. The van der Waals surface area contributed by atoms with E-state index in [0.717, 1.165) is 23.2 Å². The normalized spacial score (nSPS) is 15.3. The van der Waals surface area contributed by atoms with E-state index in [0.29, 0.717) is 0 Å². The average Bonchev–Trinajstić information content (AvgIpc) is 3.13. The lowest BCUT2D eigenvalue weighted by atomic mass is 10.00. The molecule has 0 saturated carbocycles. The van der Waals surface area contributed by atoms with E-state index in [-0.39, 0.29) is 6.04 Å². The fourth-order valence-electron chi connectivity index (χ4n) is 3.29. The molecule has 1 atom stereocenters. The molecule has 1 aliphatic rings. The molecule has 3 aromatic rings. The molecule has 2 heteroatoms. The molecule has 0 fully saturated rings. The van der Waals surface area contributed by atoms with Gasteiger partial charge in [-0.05, 0) is 54.5 Å². The van der Waals surface area contributed by atoms with E-state index in [1.165, 1.54) is 36.0 Å². The zero-order valence-electron chi connectivity index (χ0n) is 12.0. The molecule has 0 saturated heterocycles. The predicted octanol–water partition coefficient (Wildman–Crippen LogP) is 4.16. The van der Waals surface area contributed by atoms with E-state index < -0.39 is 0 Å². The van der Waals surface area contributed by atoms with Crippen molar-refractivity contribution < 1.29 is 4.42 Å². The highest BCUT2D eigenvalue weighted by Crippen LogP contribution is 2.27. The van der Waals surface area contributed by atoms with Crippen LogP contribution in [0.3, 0.4) is 0 Å². The second-order valence-corrected chi connectivity index (χ2v) is 5.95. The molecule has 2 nitrogen and oxygen atoms in total. The quantitative estimate of drug-likeness (QED) is 0.780. The number of rotatable bonds is 3. The number of hydrogen-bond donors (Lipinski definition) is 1. The van der Waals surface area contributed by atoms with Crippen LogP contribution in [-0.4, -0.2) is 0 Å². The number of para-hydroxylation sites is 1. The highest BCUT2D eigenvalue weighted by Gasteiger charge is 2.15. The summed E-state index contributed by atoms with van der Waals surface area (Å²) in [5.74, 6) is 0.872. The van der Waals surface area contributed by atoms with Crippen molar-refractivity contribution in [2.45, 2.75) is 31.7 Å². The van der Waals surface area contributed by atoms with Crippen molar-refractivity contribution in [3.63, 3.8) is 0 Å². The Morgan fingerprint density at radius 3 is 2.76 bits per heavy atom. The van der Waals surface area contributed by atoms with Crippen molar-refractivity contribution in [2.24, 2.45) is 5.73 Å². The van der Waals surface area contributed by atoms with Crippen LogP contribution in [0.25, 0.3) is 11.0 Å². The highest BCUT2D eigenvalue weighted by atomic mass is 16.3. The van der Waals surface area contributed by atoms with Crippen molar-refractivity contribution >= 4 is 11.0 Å². The van der Waals surface area contributed by atoms with E-state index in [2.05, 4.69) is 30.3 Å². The van der Waals surface area contributed by atoms with Crippen molar-refractivity contribution in [3.8, 4) is 0 Å². The number of furan rings is 1. The summed E-state index contributed by atoms with van der Waals surface area (Å²) in [6, 6.07) is 16.8. The van der Waals surface area contributed by atoms with Gasteiger partial charge in [0.1, 0.15) is 11.3 Å². The second-order valence-electron chi connectivity index (χ2n) is 5.95. The highest BCUT2D eigenvalue weighted by molar-refractivity contribution is 5.77. The molecule has 4 rings (SSSR count). The van der Waals surface area contributed by atoms with Crippen molar-refractivity contribution in [3.05, 3.63) is 71.0 Å². The Labute approximate surface area is 124 Å². The summed E-state index contributed by atoms with van der Waals surface area (Å²) in [5.41, 5.74) is 11.6. The van der Waals surface area contributed by atoms with Gasteiger partial charge in [0.15, 0.2) is 0 Å². The molecule has 2 aromatic carbocycles. The Morgan fingerprint density at radius 2 is 1.86 bits per heavy atom. The van der Waals surface area contributed by atoms with E-state index in [1.54, 1.807) is 0 Å². The van der Waals surface area contributed by atoms with Gasteiger partial charge < -0.3 is 10.2 Å². The Balaban J connectivity index is 1.58. The van der Waals surface area contributed by atoms with Gasteiger partial charge in [-0.3, -0.25) is 0 Å². The van der Waals surface area contributed by atoms with Gasteiger partial charge in [0, 0.05) is 5.39 Å². The third-order valence-electron chi connectivity index (χ3n) is 4.43. The largest absolute Gasteiger partial charge is 0.459 e. The lowest BCUT2D eigenvalue weighted by Gasteiger charge is -2.10. The first-order valence-corrected chi connectivity index (χ1v) is 7.64. The average molecular weight is 277 g/mol. The van der Waals surface area contributed by atoms with Gasteiger partial charge in [-0.25, -0.2) is 0 Å². The Morgan fingerprint density at radius 1 is 1.00 bits per heavy atom. The van der Waals surface area contributed by atoms with Crippen molar-refractivity contribution in [1.29, 1.82) is 0 Å². The van der Waals surface area contributed by atoms with Crippen molar-refractivity contribution in [2.75, 3.05) is 0 Å². The summed E-state index contributed by atoms with van der Waals surface area (Å²) in [6.45, 7) is 0. The van der Waals surface area contributed by atoms with Crippen LogP contribution in [0.15, 0.2) is 52.9 Å². The molecule has 1 unspecified atom stereocenters. The number of aryl methyl sites for hydroxylation is 2. The van der Waals surface area contributed by atoms with Crippen LogP contribution in [0, 0.1) is 0 Å². The van der Waals surface area contributed by atoms with Crippen molar-refractivity contribution in [1.82, 2.24) is 0 Å². The van der Waals surface area contributed by atoms with E-state index in [4.69, 9.17) is 10.2 Å². The van der Waals surface area contributed by atoms with E-state index in [9.17, 15) is 0 Å². The zero-order valence-corrected chi connectivity index (χ0v) is 12.0. The summed E-state index contributed by atoms with van der Waals surface area (Å²) < 4.78 is 5.87. The molecule has 106 valence electrons. The molecule has 0 radical (unpaired) electrons. The van der Waals surface area contributed by atoms with Crippen LogP contribution < -0.4 is 5.73 Å². The maximum atomic E-state index is 6.34. The number of hydrogen-bond acceptors (Lipinski definition) is 2. The molecule has 0 bridgehead atoms. The fourth-order valence-corrected chi connectivity index (χ4v) is 3.29. The second kappa shape index (κ2) is 5.05. The van der Waals surface area contributed by atoms with Crippen LogP contribution >= 0.6 is 0 Å². The Kier molecular flexibility index (Phi) is 3.04. The zero-order chi connectivity index (χ0) is 14.2. The minimum atomic E-state index is -0.0862. The van der Waals surface area contributed by atoms with E-state index in [1.807, 2.05) is 18.2 Å². The summed E-state index contributed by atoms with van der Waals surface area (Å²) in [4.78, 5) is 0. The smallest absolute Gasteiger partial charge is 0.134 e. The van der Waals surface area contributed by atoms with Gasteiger partial charge in [0.2, 0.25) is 0 Å². The van der Waals surface area contributed by atoms with Crippen LogP contribution in [0.2, 0.25) is 0 Å². The van der Waals surface area contributed by atoms with Gasteiger partial charge in [0.25, 0.3) is 0 Å². The number of fused-ring (bicyclic) bond motifs is 2. The minimum Gasteiger partial charge on any atom is -0.459 e. The van der Waals surface area contributed by atoms with Gasteiger partial charge in [-0.2, -0.15) is 0 Å². The summed E-state index contributed by atoms with van der Waals surface area (Å²) in [5, 5.41) is 1.12. The van der Waals surface area contributed by atoms with Gasteiger partial charge in [0.05, 0.1) is 6.04 Å². The molecular weight excluding hydrogens is 258 g/mol. The molecule has 21 heavy (non-hydrogen) atoms. The van der Waals surface area contributed by atoms with E-state index >= 15 is 0 Å². The molecule has 1 aliphatic carbocycles. The summed E-state index contributed by atoms with van der Waals surface area (Å²) >= 11 is 0. The molecule has 0 amide bonds. The van der Waals surface area contributed by atoms with Gasteiger partial charge >= 0.3 is 0 Å². The first-order valence-electron chi connectivity index (χ1n) is 7.64. The predicted molar refractivity (Wildman–Crippen MR) is 85.3 cm³/mol. The van der Waals surface area contributed by atoms with Gasteiger partial charge in [-0.1, -0.05) is 36.4 Å². The van der Waals surface area contributed by atoms with Crippen LogP contribution in [0.4, 0.5) is 0 Å². The molecule has 2 N–H and O–H groups in total. The monoisotopic (exact) mass is 277 g/mol. The molecule has 0 spiro atoms. The summed E-state index contributed by atoms with van der Waals surface area (Å²) in [6.07, 6.45) is 4.55. The van der Waals surface area contributed by atoms with Crippen LogP contribution in [-0.2, 0) is 19.3 Å². The maximum Gasteiger partial charge on any atom is 0.134 e. The van der Waals surface area contributed by atoms with Gasteiger partial charge in [-0.15, -0.1) is 0 Å². The topological polar surface area (TPSA) is 39.2 Å². The molecule has 1 aromatic heterocycles. The maximum absolute atomic E-state index is 6.34. The molecule has 1 heterocycles. The minimum absolute atomic E-state index is 0.0862. The fraction of sp³-hybridized carbons (Fsp3) is 0.263. The number of nitrogens with two attached hydrogens (primary N) is 1. The Hall–Kier alpha value is -2.06. The van der Waals surface area contributed by atoms with Crippen LogP contribution in [0.1, 0.15) is 34.9 Å². The third-order valence-corrected chi connectivity index (χ3v) is 4.43. The SMILES string of the molecule is NC(Cc1ccc2c(c1)CCC2)c1cc2ccccc2o1. The lowest BCUT2D eigenvalue weighted by molar-refractivity contribution is 0.494. The summed E-state index contributed by atoms with van der Waals surface area (Å²) in [7, 11) is 0. The van der Waals surface area contributed by atoms with Crippen LogP contribution in [0.5, 0.6) is 0 Å². The first-order chi connectivity index (χ1) is 10.3. The Bertz CT molecular complexity index is 754. The third kappa shape index (κ3) is 2.36. The molecular formula is C19H19NO.